The standard InChI is InChI=1S/C16H13N7O3/c1-21(8-15-20-19-14-4-2-3-5-22(14)15)12-7-11-10(6-13(12)23(25)26)16(24)18-9-17-11/h2-7,9H,8H2,1H3,(H,17,18,24). The molecule has 0 atom stereocenters. The van der Waals surface area contributed by atoms with E-state index in [1.54, 1.807) is 11.9 Å². The lowest BCUT2D eigenvalue weighted by Crippen LogP contribution is -2.20. The summed E-state index contributed by atoms with van der Waals surface area (Å²) in [5, 5.41) is 19.9. The fourth-order valence-electron chi connectivity index (χ4n) is 2.84. The first-order valence-electron chi connectivity index (χ1n) is 7.70. The van der Waals surface area contributed by atoms with E-state index >= 15 is 0 Å². The summed E-state index contributed by atoms with van der Waals surface area (Å²) in [6.45, 7) is 0.292. The molecule has 4 rings (SSSR count). The van der Waals surface area contributed by atoms with Crippen molar-refractivity contribution in [2.45, 2.75) is 6.54 Å². The van der Waals surface area contributed by atoms with Crippen molar-refractivity contribution in [3.05, 3.63) is 69.1 Å². The number of aromatic amines is 1. The average Bonchev–Trinajstić information content (AvgIpc) is 3.04. The summed E-state index contributed by atoms with van der Waals surface area (Å²) in [6.07, 6.45) is 3.10. The lowest BCUT2D eigenvalue weighted by atomic mass is 10.1. The summed E-state index contributed by atoms with van der Waals surface area (Å²) in [4.78, 5) is 31.1. The molecule has 0 fully saturated rings. The zero-order valence-corrected chi connectivity index (χ0v) is 13.7. The predicted octanol–water partition coefficient (Wildman–Crippen LogP) is 1.51. The molecule has 0 aliphatic rings. The molecule has 0 saturated heterocycles. The highest BCUT2D eigenvalue weighted by Gasteiger charge is 2.21. The number of rotatable bonds is 4. The Morgan fingerprint density at radius 2 is 2.15 bits per heavy atom. The van der Waals surface area contributed by atoms with Crippen molar-refractivity contribution in [1.82, 2.24) is 24.6 Å². The Balaban J connectivity index is 1.80. The summed E-state index contributed by atoms with van der Waals surface area (Å²) in [5.74, 6) is 0.636. The molecule has 26 heavy (non-hydrogen) atoms. The summed E-state index contributed by atoms with van der Waals surface area (Å²) in [6, 6.07) is 8.31. The third-order valence-corrected chi connectivity index (χ3v) is 4.11. The molecule has 0 aliphatic heterocycles. The number of pyridine rings is 1. The van der Waals surface area contributed by atoms with Crippen LogP contribution in [0.5, 0.6) is 0 Å². The largest absolute Gasteiger partial charge is 0.361 e. The Labute approximate surface area is 145 Å². The minimum atomic E-state index is -0.514. The number of H-pyrrole nitrogens is 1. The van der Waals surface area contributed by atoms with Crippen LogP contribution in [0.4, 0.5) is 11.4 Å². The van der Waals surface area contributed by atoms with Gasteiger partial charge in [0.15, 0.2) is 11.5 Å². The van der Waals surface area contributed by atoms with E-state index in [1.807, 2.05) is 28.8 Å². The van der Waals surface area contributed by atoms with Crippen molar-refractivity contribution in [3.8, 4) is 0 Å². The van der Waals surface area contributed by atoms with Crippen molar-refractivity contribution in [1.29, 1.82) is 0 Å². The number of benzene rings is 1. The molecular formula is C16H13N7O3. The SMILES string of the molecule is CN(Cc1nnc2ccccn12)c1cc2nc[nH]c(=O)c2cc1[N+](=O)[O-]. The van der Waals surface area contributed by atoms with Crippen LogP contribution in [0.25, 0.3) is 16.6 Å². The number of nitrogens with one attached hydrogen (secondary N) is 1. The highest BCUT2D eigenvalue weighted by Crippen LogP contribution is 2.31. The van der Waals surface area contributed by atoms with Crippen LogP contribution in [-0.4, -0.2) is 36.5 Å². The molecule has 1 N–H and O–H groups in total. The third-order valence-electron chi connectivity index (χ3n) is 4.11. The van der Waals surface area contributed by atoms with E-state index in [0.717, 1.165) is 0 Å². The molecule has 3 heterocycles. The molecule has 0 spiro atoms. The highest BCUT2D eigenvalue weighted by atomic mass is 16.6. The molecule has 1 aromatic carbocycles. The average molecular weight is 351 g/mol. The summed E-state index contributed by atoms with van der Waals surface area (Å²) >= 11 is 0. The smallest absolute Gasteiger partial charge is 0.293 e. The van der Waals surface area contributed by atoms with Gasteiger partial charge in [-0.05, 0) is 18.2 Å². The first-order chi connectivity index (χ1) is 12.5. The summed E-state index contributed by atoms with van der Waals surface area (Å²) < 4.78 is 1.81. The van der Waals surface area contributed by atoms with Gasteiger partial charge < -0.3 is 9.88 Å². The second-order valence-corrected chi connectivity index (χ2v) is 5.75. The maximum atomic E-state index is 11.9. The van der Waals surface area contributed by atoms with E-state index in [9.17, 15) is 14.9 Å². The molecule has 130 valence electrons. The van der Waals surface area contributed by atoms with Crippen LogP contribution in [0, 0.1) is 10.1 Å². The van der Waals surface area contributed by atoms with Gasteiger partial charge >= 0.3 is 0 Å². The Kier molecular flexibility index (Phi) is 3.57. The molecule has 0 radical (unpaired) electrons. The number of hydrogen-bond donors (Lipinski definition) is 1. The number of nitrogens with zero attached hydrogens (tertiary/aromatic N) is 6. The third kappa shape index (κ3) is 2.53. The maximum absolute atomic E-state index is 11.9. The maximum Gasteiger partial charge on any atom is 0.293 e. The normalized spacial score (nSPS) is 11.1. The van der Waals surface area contributed by atoms with Gasteiger partial charge in [0.1, 0.15) is 5.69 Å². The fraction of sp³-hybridized carbons (Fsp3) is 0.125. The summed E-state index contributed by atoms with van der Waals surface area (Å²) in [5.41, 5.74) is 0.820. The Morgan fingerprint density at radius 3 is 2.96 bits per heavy atom. The molecule has 0 amide bonds. The monoisotopic (exact) mass is 351 g/mol. The number of nitro benzene ring substituents is 1. The molecule has 0 saturated carbocycles. The topological polar surface area (TPSA) is 122 Å². The van der Waals surface area contributed by atoms with Crippen LogP contribution in [0.3, 0.4) is 0 Å². The molecule has 10 heteroatoms. The van der Waals surface area contributed by atoms with Gasteiger partial charge in [-0.1, -0.05) is 6.07 Å². The number of hydrogen-bond acceptors (Lipinski definition) is 7. The Bertz CT molecular complexity index is 1200. The van der Waals surface area contributed by atoms with Gasteiger partial charge in [-0.2, -0.15) is 0 Å². The van der Waals surface area contributed by atoms with Gasteiger partial charge in [0.05, 0.1) is 28.7 Å². The zero-order valence-electron chi connectivity index (χ0n) is 13.7. The predicted molar refractivity (Wildman–Crippen MR) is 94.1 cm³/mol. The number of nitro groups is 1. The lowest BCUT2D eigenvalue weighted by Gasteiger charge is -2.18. The molecule has 0 aliphatic carbocycles. The van der Waals surface area contributed by atoms with Crippen LogP contribution in [0.1, 0.15) is 5.82 Å². The second kappa shape index (κ2) is 5.92. The number of anilines is 1. The van der Waals surface area contributed by atoms with Crippen LogP contribution in [0.2, 0.25) is 0 Å². The first kappa shape index (κ1) is 15.7. The second-order valence-electron chi connectivity index (χ2n) is 5.75. The van der Waals surface area contributed by atoms with Crippen molar-refractivity contribution >= 4 is 27.9 Å². The van der Waals surface area contributed by atoms with E-state index in [1.165, 1.54) is 18.5 Å². The molecule has 4 aromatic rings. The van der Waals surface area contributed by atoms with Crippen molar-refractivity contribution in [3.63, 3.8) is 0 Å². The quantitative estimate of drug-likeness (QED) is 0.437. The Hall–Kier alpha value is -3.82. The van der Waals surface area contributed by atoms with Crippen molar-refractivity contribution < 1.29 is 4.92 Å². The molecule has 0 unspecified atom stereocenters. The van der Waals surface area contributed by atoms with E-state index in [0.29, 0.717) is 29.2 Å². The highest BCUT2D eigenvalue weighted by molar-refractivity contribution is 5.86. The van der Waals surface area contributed by atoms with Crippen molar-refractivity contribution in [2.24, 2.45) is 0 Å². The zero-order chi connectivity index (χ0) is 18.3. The van der Waals surface area contributed by atoms with Gasteiger partial charge in [0.2, 0.25) is 0 Å². The van der Waals surface area contributed by atoms with Gasteiger partial charge in [-0.3, -0.25) is 19.3 Å². The van der Waals surface area contributed by atoms with E-state index in [4.69, 9.17) is 0 Å². The van der Waals surface area contributed by atoms with Gasteiger partial charge in [-0.15, -0.1) is 10.2 Å². The van der Waals surface area contributed by atoms with E-state index in [2.05, 4.69) is 20.2 Å². The van der Waals surface area contributed by atoms with Gasteiger partial charge in [0, 0.05) is 19.3 Å². The summed E-state index contributed by atoms with van der Waals surface area (Å²) in [7, 11) is 1.71. The molecule has 10 nitrogen and oxygen atoms in total. The van der Waals surface area contributed by atoms with Crippen LogP contribution in [-0.2, 0) is 6.54 Å². The number of fused-ring (bicyclic) bond motifs is 2. The van der Waals surface area contributed by atoms with Crippen LogP contribution >= 0.6 is 0 Å². The molecule has 0 bridgehead atoms. The van der Waals surface area contributed by atoms with Gasteiger partial charge in [0.25, 0.3) is 11.2 Å². The lowest BCUT2D eigenvalue weighted by molar-refractivity contribution is -0.384. The Morgan fingerprint density at radius 1 is 1.31 bits per heavy atom. The van der Waals surface area contributed by atoms with E-state index in [-0.39, 0.29) is 11.1 Å². The minimum absolute atomic E-state index is 0.171. The van der Waals surface area contributed by atoms with Gasteiger partial charge in [-0.25, -0.2) is 4.98 Å². The van der Waals surface area contributed by atoms with E-state index < -0.39 is 10.5 Å². The van der Waals surface area contributed by atoms with Crippen LogP contribution < -0.4 is 10.5 Å². The fourth-order valence-corrected chi connectivity index (χ4v) is 2.84. The molecule has 3 aromatic heterocycles. The first-order valence-corrected chi connectivity index (χ1v) is 7.70. The minimum Gasteiger partial charge on any atom is -0.361 e. The number of aromatic nitrogens is 5. The van der Waals surface area contributed by atoms with Crippen LogP contribution in [0.15, 0.2) is 47.7 Å². The van der Waals surface area contributed by atoms with Crippen molar-refractivity contribution in [2.75, 3.05) is 11.9 Å². The molecular weight excluding hydrogens is 338 g/mol.